The van der Waals surface area contributed by atoms with E-state index in [4.69, 9.17) is 4.74 Å². The monoisotopic (exact) mass is 392 g/mol. The third-order valence-electron chi connectivity index (χ3n) is 5.21. The minimum atomic E-state index is -0.295. The molecule has 0 heterocycles. The highest BCUT2D eigenvalue weighted by Crippen LogP contribution is 2.44. The quantitative estimate of drug-likeness (QED) is 0.336. The Morgan fingerprint density at radius 2 is 1.10 bits per heavy atom. The van der Waals surface area contributed by atoms with Gasteiger partial charge in [0.25, 0.3) is 0 Å². The molecule has 4 rings (SSSR count). The van der Waals surface area contributed by atoms with Crippen LogP contribution in [0.5, 0.6) is 0 Å². The summed E-state index contributed by atoms with van der Waals surface area (Å²) in [5, 5.41) is 0. The van der Waals surface area contributed by atoms with Crippen LogP contribution in [0.15, 0.2) is 97.1 Å². The zero-order valence-corrected chi connectivity index (χ0v) is 17.3. The average Bonchev–Trinajstić information content (AvgIpc) is 2.80. The molecule has 0 saturated heterocycles. The highest BCUT2D eigenvalue weighted by atomic mass is 16.5. The van der Waals surface area contributed by atoms with Crippen LogP contribution in [0, 0.1) is 6.92 Å². The number of carbonyl (C=O) groups excluding carboxylic acids is 1. The number of rotatable bonds is 5. The molecular formula is C28H24O2. The second-order valence-corrected chi connectivity index (χ2v) is 7.18. The van der Waals surface area contributed by atoms with Gasteiger partial charge in [0.1, 0.15) is 0 Å². The summed E-state index contributed by atoms with van der Waals surface area (Å²) in [6, 6.07) is 32.7. The highest BCUT2D eigenvalue weighted by Gasteiger charge is 2.24. The van der Waals surface area contributed by atoms with Gasteiger partial charge in [0, 0.05) is 5.56 Å². The van der Waals surface area contributed by atoms with Crippen molar-refractivity contribution >= 4 is 5.97 Å². The van der Waals surface area contributed by atoms with Crippen molar-refractivity contribution in [3.8, 4) is 33.4 Å². The fourth-order valence-electron chi connectivity index (χ4n) is 3.96. The Bertz CT molecular complexity index is 1150. The Labute approximate surface area is 177 Å². The summed E-state index contributed by atoms with van der Waals surface area (Å²) in [6.07, 6.45) is 0. The maximum absolute atomic E-state index is 13.0. The van der Waals surface area contributed by atoms with Crippen molar-refractivity contribution in [2.24, 2.45) is 0 Å². The summed E-state index contributed by atoms with van der Waals surface area (Å²) in [5.41, 5.74) is 7.93. The van der Waals surface area contributed by atoms with Crippen molar-refractivity contribution in [2.75, 3.05) is 6.61 Å². The topological polar surface area (TPSA) is 26.3 Å². The maximum Gasteiger partial charge on any atom is 0.338 e. The first kappa shape index (κ1) is 19.7. The van der Waals surface area contributed by atoms with Crippen molar-refractivity contribution < 1.29 is 9.53 Å². The van der Waals surface area contributed by atoms with Gasteiger partial charge in [-0.25, -0.2) is 4.79 Å². The number of aryl methyl sites for hydroxylation is 1. The molecule has 0 aliphatic rings. The summed E-state index contributed by atoms with van der Waals surface area (Å²) >= 11 is 0. The largest absolute Gasteiger partial charge is 0.462 e. The van der Waals surface area contributed by atoms with E-state index >= 15 is 0 Å². The van der Waals surface area contributed by atoms with E-state index in [9.17, 15) is 4.79 Å². The fraction of sp³-hybridized carbons (Fsp3) is 0.107. The molecule has 0 fully saturated rings. The number of carbonyl (C=O) groups is 1. The van der Waals surface area contributed by atoms with Crippen LogP contribution in [0.25, 0.3) is 33.4 Å². The van der Waals surface area contributed by atoms with Gasteiger partial charge in [0.2, 0.25) is 0 Å². The van der Waals surface area contributed by atoms with Crippen molar-refractivity contribution in [1.29, 1.82) is 0 Å². The number of esters is 1. The molecule has 0 aromatic heterocycles. The summed E-state index contributed by atoms with van der Waals surface area (Å²) in [5.74, 6) is -0.295. The average molecular weight is 392 g/mol. The lowest BCUT2D eigenvalue weighted by Crippen LogP contribution is -2.09. The van der Waals surface area contributed by atoms with Gasteiger partial charge in [-0.1, -0.05) is 91.0 Å². The van der Waals surface area contributed by atoms with Gasteiger partial charge in [0.15, 0.2) is 0 Å². The molecule has 4 aromatic carbocycles. The minimum absolute atomic E-state index is 0.295. The van der Waals surface area contributed by atoms with Gasteiger partial charge in [-0.05, 0) is 53.3 Å². The molecule has 0 bridgehead atoms. The van der Waals surface area contributed by atoms with E-state index < -0.39 is 0 Å². The molecule has 148 valence electrons. The Morgan fingerprint density at radius 3 is 1.57 bits per heavy atom. The lowest BCUT2D eigenvalue weighted by Gasteiger charge is -2.22. The van der Waals surface area contributed by atoms with E-state index in [2.05, 4.69) is 43.3 Å². The molecular weight excluding hydrogens is 368 g/mol. The molecule has 0 unspecified atom stereocenters. The van der Waals surface area contributed by atoms with E-state index in [0.717, 1.165) is 38.9 Å². The van der Waals surface area contributed by atoms with Gasteiger partial charge in [-0.2, -0.15) is 0 Å². The first-order chi connectivity index (χ1) is 14.7. The number of benzene rings is 4. The summed E-state index contributed by atoms with van der Waals surface area (Å²) in [7, 11) is 0. The molecule has 0 saturated carbocycles. The SMILES string of the molecule is CCOC(=O)c1cc(C)c(-c2ccccc2)c(-c2ccccc2)c1-c1ccccc1. The first-order valence-corrected chi connectivity index (χ1v) is 10.2. The molecule has 2 nitrogen and oxygen atoms in total. The zero-order valence-electron chi connectivity index (χ0n) is 17.3. The fourth-order valence-corrected chi connectivity index (χ4v) is 3.96. The second-order valence-electron chi connectivity index (χ2n) is 7.18. The normalized spacial score (nSPS) is 10.6. The van der Waals surface area contributed by atoms with Crippen molar-refractivity contribution in [2.45, 2.75) is 13.8 Å². The van der Waals surface area contributed by atoms with Crippen molar-refractivity contribution in [3.05, 3.63) is 108 Å². The molecule has 0 aliphatic heterocycles. The van der Waals surface area contributed by atoms with Crippen LogP contribution in [0.1, 0.15) is 22.8 Å². The molecule has 0 N–H and O–H groups in total. The van der Waals surface area contributed by atoms with Crippen LogP contribution >= 0.6 is 0 Å². The number of hydrogen-bond donors (Lipinski definition) is 0. The molecule has 0 spiro atoms. The lowest BCUT2D eigenvalue weighted by atomic mass is 9.82. The molecule has 0 radical (unpaired) electrons. The van der Waals surface area contributed by atoms with E-state index in [0.29, 0.717) is 12.2 Å². The van der Waals surface area contributed by atoms with Gasteiger partial charge in [0.05, 0.1) is 12.2 Å². The van der Waals surface area contributed by atoms with Gasteiger partial charge in [-0.15, -0.1) is 0 Å². The number of hydrogen-bond acceptors (Lipinski definition) is 2. The predicted molar refractivity (Wildman–Crippen MR) is 123 cm³/mol. The Hall–Kier alpha value is -3.65. The molecule has 2 heteroatoms. The predicted octanol–water partition coefficient (Wildman–Crippen LogP) is 7.17. The number of ether oxygens (including phenoxy) is 1. The van der Waals surface area contributed by atoms with Gasteiger partial charge >= 0.3 is 5.97 Å². The van der Waals surface area contributed by atoms with Crippen molar-refractivity contribution in [1.82, 2.24) is 0 Å². The van der Waals surface area contributed by atoms with Crippen LogP contribution in [0.4, 0.5) is 0 Å². The third kappa shape index (κ3) is 3.77. The minimum Gasteiger partial charge on any atom is -0.462 e. The van der Waals surface area contributed by atoms with E-state index in [-0.39, 0.29) is 5.97 Å². The summed E-state index contributed by atoms with van der Waals surface area (Å²) in [6.45, 7) is 4.24. The lowest BCUT2D eigenvalue weighted by molar-refractivity contribution is 0.0527. The molecule has 30 heavy (non-hydrogen) atoms. The van der Waals surface area contributed by atoms with Crippen molar-refractivity contribution in [3.63, 3.8) is 0 Å². The highest BCUT2D eigenvalue weighted by molar-refractivity contribution is 6.07. The van der Waals surface area contributed by atoms with E-state index in [1.165, 1.54) is 0 Å². The Kier molecular flexibility index (Phi) is 5.76. The Balaban J connectivity index is 2.15. The summed E-state index contributed by atoms with van der Waals surface area (Å²) < 4.78 is 5.44. The standard InChI is InChI=1S/C28H24O2/c1-3-30-28(29)24-19-20(2)25(21-13-7-4-8-14-21)27(23-17-11-6-12-18-23)26(24)22-15-9-5-10-16-22/h4-19H,3H2,1-2H3. The second kappa shape index (κ2) is 8.79. The zero-order chi connectivity index (χ0) is 20.9. The molecule has 0 amide bonds. The van der Waals surface area contributed by atoms with Crippen LogP contribution < -0.4 is 0 Å². The Morgan fingerprint density at radius 1 is 0.667 bits per heavy atom. The molecule has 0 atom stereocenters. The van der Waals surface area contributed by atoms with E-state index in [1.54, 1.807) is 0 Å². The smallest absolute Gasteiger partial charge is 0.338 e. The van der Waals surface area contributed by atoms with E-state index in [1.807, 2.05) is 67.6 Å². The van der Waals surface area contributed by atoms with Crippen LogP contribution in [0.3, 0.4) is 0 Å². The molecule has 0 aliphatic carbocycles. The van der Waals surface area contributed by atoms with Crippen LogP contribution in [-0.2, 0) is 4.74 Å². The summed E-state index contributed by atoms with van der Waals surface area (Å²) in [4.78, 5) is 13.0. The third-order valence-corrected chi connectivity index (χ3v) is 5.21. The van der Waals surface area contributed by atoms with Crippen LogP contribution in [0.2, 0.25) is 0 Å². The molecule has 4 aromatic rings. The first-order valence-electron chi connectivity index (χ1n) is 10.2. The maximum atomic E-state index is 13.0. The van der Waals surface area contributed by atoms with Gasteiger partial charge < -0.3 is 4.74 Å². The van der Waals surface area contributed by atoms with Gasteiger partial charge in [-0.3, -0.25) is 0 Å². The van der Waals surface area contributed by atoms with Crippen LogP contribution in [-0.4, -0.2) is 12.6 Å².